The number of carboxylic acid groups (broad SMARTS) is 1. The van der Waals surface area contributed by atoms with E-state index in [0.717, 1.165) is 4.57 Å². The van der Waals surface area contributed by atoms with Crippen LogP contribution in [-0.4, -0.2) is 53.3 Å². The van der Waals surface area contributed by atoms with E-state index in [1.165, 1.54) is 7.11 Å². The largest absolute Gasteiger partial charge is 0.477 e. The van der Waals surface area contributed by atoms with Crippen molar-refractivity contribution in [1.82, 2.24) is 14.5 Å². The van der Waals surface area contributed by atoms with Crippen LogP contribution in [0.1, 0.15) is 16.1 Å². The van der Waals surface area contributed by atoms with Gasteiger partial charge in [0.15, 0.2) is 0 Å². The lowest BCUT2D eigenvalue weighted by atomic mass is 10.2. The van der Waals surface area contributed by atoms with Crippen molar-refractivity contribution in [2.75, 3.05) is 27.8 Å². The van der Waals surface area contributed by atoms with E-state index in [1.54, 1.807) is 19.0 Å². The van der Waals surface area contributed by atoms with Crippen LogP contribution in [0.25, 0.3) is 0 Å². The summed E-state index contributed by atoms with van der Waals surface area (Å²) in [6.45, 7) is 0.395. The second kappa shape index (κ2) is 6.30. The molecule has 0 amide bonds. The molecule has 0 aliphatic carbocycles. The van der Waals surface area contributed by atoms with E-state index < -0.39 is 17.2 Å². The van der Waals surface area contributed by atoms with Crippen LogP contribution in [0, 0.1) is 0 Å². The van der Waals surface area contributed by atoms with Crippen LogP contribution in [0.2, 0.25) is 0 Å². The first kappa shape index (κ1) is 15.1. The Hall–Kier alpha value is -1.93. The van der Waals surface area contributed by atoms with Gasteiger partial charge in [0.2, 0.25) is 0 Å². The number of aromatic amines is 1. The maximum absolute atomic E-state index is 12.2. The molecule has 106 valence electrons. The summed E-state index contributed by atoms with van der Waals surface area (Å²) in [6, 6.07) is 0. The highest BCUT2D eigenvalue weighted by atomic mass is 16.5. The Kier molecular flexibility index (Phi) is 5.02. The van der Waals surface area contributed by atoms with Crippen molar-refractivity contribution in [3.05, 3.63) is 32.1 Å². The van der Waals surface area contributed by atoms with E-state index in [4.69, 9.17) is 9.84 Å². The molecular weight excluding hydrogens is 254 g/mol. The van der Waals surface area contributed by atoms with E-state index in [9.17, 15) is 14.4 Å². The van der Waals surface area contributed by atoms with Crippen molar-refractivity contribution in [3.63, 3.8) is 0 Å². The number of rotatable bonds is 6. The molecule has 0 fully saturated rings. The zero-order valence-corrected chi connectivity index (χ0v) is 11.1. The minimum Gasteiger partial charge on any atom is -0.477 e. The predicted molar refractivity (Wildman–Crippen MR) is 67.5 cm³/mol. The molecule has 0 saturated heterocycles. The third-order valence-corrected chi connectivity index (χ3v) is 2.49. The SMILES string of the molecule is COCCn1c(=O)[nH]c(C(=O)O)c(CN(C)C)c1=O. The third kappa shape index (κ3) is 3.52. The number of H-pyrrole nitrogens is 1. The Bertz CT molecular complexity index is 573. The lowest BCUT2D eigenvalue weighted by Crippen LogP contribution is -2.41. The quantitative estimate of drug-likeness (QED) is 0.683. The molecular formula is C11H17N3O5. The minimum absolute atomic E-state index is 0.0493. The highest BCUT2D eigenvalue weighted by Gasteiger charge is 2.19. The number of ether oxygens (including phenoxy) is 1. The van der Waals surface area contributed by atoms with Crippen molar-refractivity contribution in [1.29, 1.82) is 0 Å². The standard InChI is InChI=1S/C11H17N3O5/c1-13(2)6-7-8(10(16)17)12-11(18)14(9(7)15)4-5-19-3/h4-6H2,1-3H3,(H,12,18)(H,16,17). The summed E-state index contributed by atoms with van der Waals surface area (Å²) in [5, 5.41) is 9.03. The molecule has 1 heterocycles. The molecule has 1 aromatic heterocycles. The Morgan fingerprint density at radius 3 is 2.53 bits per heavy atom. The van der Waals surface area contributed by atoms with Crippen LogP contribution < -0.4 is 11.2 Å². The average Bonchev–Trinajstić information content (AvgIpc) is 2.31. The summed E-state index contributed by atoms with van der Waals surface area (Å²) in [5.41, 5.74) is -1.67. The molecule has 0 aliphatic heterocycles. The second-order valence-corrected chi connectivity index (χ2v) is 4.28. The van der Waals surface area contributed by atoms with Gasteiger partial charge in [0.05, 0.1) is 18.7 Å². The maximum atomic E-state index is 12.2. The number of methoxy groups -OCH3 is 1. The van der Waals surface area contributed by atoms with E-state index in [-0.39, 0.29) is 31.0 Å². The second-order valence-electron chi connectivity index (χ2n) is 4.28. The summed E-state index contributed by atoms with van der Waals surface area (Å²) in [7, 11) is 4.86. The van der Waals surface area contributed by atoms with Crippen LogP contribution in [0.5, 0.6) is 0 Å². The van der Waals surface area contributed by atoms with Crippen LogP contribution >= 0.6 is 0 Å². The molecule has 0 bridgehead atoms. The zero-order valence-electron chi connectivity index (χ0n) is 11.1. The first-order valence-corrected chi connectivity index (χ1v) is 5.61. The number of aromatic carboxylic acids is 1. The Morgan fingerprint density at radius 1 is 1.42 bits per heavy atom. The highest BCUT2D eigenvalue weighted by molar-refractivity contribution is 5.86. The molecule has 0 spiro atoms. The smallest absolute Gasteiger partial charge is 0.352 e. The predicted octanol–water partition coefficient (Wildman–Crippen LogP) is -1.06. The average molecular weight is 271 g/mol. The van der Waals surface area contributed by atoms with Gasteiger partial charge in [-0.2, -0.15) is 0 Å². The zero-order chi connectivity index (χ0) is 14.6. The summed E-state index contributed by atoms with van der Waals surface area (Å²) in [4.78, 5) is 38.8. The molecule has 8 nitrogen and oxygen atoms in total. The molecule has 8 heteroatoms. The molecule has 2 N–H and O–H groups in total. The van der Waals surface area contributed by atoms with Gasteiger partial charge in [0.1, 0.15) is 5.69 Å². The van der Waals surface area contributed by atoms with Crippen LogP contribution in [-0.2, 0) is 17.8 Å². The number of nitrogens with zero attached hydrogens (tertiary/aromatic N) is 2. The lowest BCUT2D eigenvalue weighted by molar-refractivity contribution is 0.0687. The van der Waals surface area contributed by atoms with Gasteiger partial charge in [0.25, 0.3) is 5.56 Å². The third-order valence-electron chi connectivity index (χ3n) is 2.49. The van der Waals surface area contributed by atoms with Gasteiger partial charge in [-0.1, -0.05) is 0 Å². The topological polar surface area (TPSA) is 105 Å². The summed E-state index contributed by atoms with van der Waals surface area (Å²) in [6.07, 6.45) is 0. The first-order valence-electron chi connectivity index (χ1n) is 5.61. The Morgan fingerprint density at radius 2 is 2.05 bits per heavy atom. The van der Waals surface area contributed by atoms with Gasteiger partial charge in [0, 0.05) is 13.7 Å². The van der Waals surface area contributed by atoms with Crippen molar-refractivity contribution >= 4 is 5.97 Å². The van der Waals surface area contributed by atoms with Gasteiger partial charge < -0.3 is 19.7 Å². The normalized spacial score (nSPS) is 10.9. The molecule has 0 saturated carbocycles. The van der Waals surface area contributed by atoms with Crippen LogP contribution in [0.3, 0.4) is 0 Å². The van der Waals surface area contributed by atoms with Crippen molar-refractivity contribution in [2.45, 2.75) is 13.1 Å². The number of aromatic nitrogens is 2. The van der Waals surface area contributed by atoms with Crippen LogP contribution in [0.15, 0.2) is 9.59 Å². The van der Waals surface area contributed by atoms with Gasteiger partial charge in [-0.05, 0) is 14.1 Å². The lowest BCUT2D eigenvalue weighted by Gasteiger charge is -2.13. The van der Waals surface area contributed by atoms with Gasteiger partial charge in [-0.3, -0.25) is 9.36 Å². The van der Waals surface area contributed by atoms with Crippen LogP contribution in [0.4, 0.5) is 0 Å². The fourth-order valence-electron chi connectivity index (χ4n) is 1.64. The number of carbonyl (C=O) groups is 1. The molecule has 19 heavy (non-hydrogen) atoms. The number of hydrogen-bond acceptors (Lipinski definition) is 5. The van der Waals surface area contributed by atoms with E-state index >= 15 is 0 Å². The van der Waals surface area contributed by atoms with Gasteiger partial charge in [-0.15, -0.1) is 0 Å². The first-order chi connectivity index (χ1) is 8.88. The molecule has 0 atom stereocenters. The monoisotopic (exact) mass is 271 g/mol. The van der Waals surface area contributed by atoms with Gasteiger partial charge in [-0.25, -0.2) is 9.59 Å². The summed E-state index contributed by atoms with van der Waals surface area (Å²) >= 11 is 0. The molecule has 0 radical (unpaired) electrons. The Labute approximate surface area is 109 Å². The molecule has 0 aromatic carbocycles. The number of nitrogens with one attached hydrogen (secondary N) is 1. The number of hydrogen-bond donors (Lipinski definition) is 2. The van der Waals surface area contributed by atoms with Gasteiger partial charge >= 0.3 is 11.7 Å². The summed E-state index contributed by atoms with van der Waals surface area (Å²) < 4.78 is 5.75. The molecule has 1 rings (SSSR count). The van der Waals surface area contributed by atoms with E-state index in [1.807, 2.05) is 0 Å². The van der Waals surface area contributed by atoms with Crippen molar-refractivity contribution in [2.24, 2.45) is 0 Å². The molecule has 0 aliphatic rings. The van der Waals surface area contributed by atoms with Crippen molar-refractivity contribution in [3.8, 4) is 0 Å². The maximum Gasteiger partial charge on any atom is 0.352 e. The fraction of sp³-hybridized carbons (Fsp3) is 0.545. The van der Waals surface area contributed by atoms with E-state index in [0.29, 0.717) is 0 Å². The fourth-order valence-corrected chi connectivity index (χ4v) is 1.64. The van der Waals surface area contributed by atoms with Crippen molar-refractivity contribution < 1.29 is 14.6 Å². The molecule has 0 unspecified atom stereocenters. The molecule has 1 aromatic rings. The van der Waals surface area contributed by atoms with E-state index in [2.05, 4.69) is 4.98 Å². The minimum atomic E-state index is -1.33. The highest BCUT2D eigenvalue weighted by Crippen LogP contribution is 2.01. The number of carboxylic acids is 1. The summed E-state index contributed by atoms with van der Waals surface area (Å²) in [5.74, 6) is -1.33. The Balaban J connectivity index is 3.43.